The summed E-state index contributed by atoms with van der Waals surface area (Å²) in [6.45, 7) is 13.1. The second-order valence-corrected chi connectivity index (χ2v) is 8.63. The van der Waals surface area contributed by atoms with Gasteiger partial charge >= 0.3 is 5.97 Å². The number of ether oxygens (including phenoxy) is 1. The smallest absolute Gasteiger partial charge is 0.313 e. The summed E-state index contributed by atoms with van der Waals surface area (Å²) in [5.41, 5.74) is 7.72. The highest BCUT2D eigenvalue weighted by Gasteiger charge is 2.34. The number of hydrogen-bond acceptors (Lipinski definition) is 4. The van der Waals surface area contributed by atoms with Crippen molar-refractivity contribution in [3.05, 3.63) is 62.4 Å². The molecule has 168 valence electrons. The highest BCUT2D eigenvalue weighted by Crippen LogP contribution is 2.39. The Labute approximate surface area is 189 Å². The van der Waals surface area contributed by atoms with E-state index < -0.39 is 0 Å². The molecule has 5 heteroatoms. The SMILES string of the molecule is CC.CCc1c2c(nc3ccc(C(C)C)cc13)-c1cc3c(c(=O)n1C2)COC(=O)C3CC. The van der Waals surface area contributed by atoms with Crippen LogP contribution in [-0.4, -0.2) is 15.5 Å². The van der Waals surface area contributed by atoms with E-state index in [0.717, 1.165) is 34.5 Å². The molecule has 2 aromatic heterocycles. The van der Waals surface area contributed by atoms with E-state index in [-0.39, 0.29) is 24.1 Å². The van der Waals surface area contributed by atoms with Crippen LogP contribution in [0.1, 0.15) is 87.6 Å². The van der Waals surface area contributed by atoms with Gasteiger partial charge < -0.3 is 9.30 Å². The average Bonchev–Trinajstić information content (AvgIpc) is 3.17. The third-order valence-corrected chi connectivity index (χ3v) is 6.67. The summed E-state index contributed by atoms with van der Waals surface area (Å²) >= 11 is 0. The third kappa shape index (κ3) is 3.26. The number of pyridine rings is 2. The molecule has 0 bridgehead atoms. The van der Waals surface area contributed by atoms with Crippen LogP contribution in [0.5, 0.6) is 0 Å². The molecule has 0 radical (unpaired) electrons. The van der Waals surface area contributed by atoms with Crippen LogP contribution in [0.2, 0.25) is 0 Å². The van der Waals surface area contributed by atoms with Crippen LogP contribution < -0.4 is 5.56 Å². The van der Waals surface area contributed by atoms with Crippen molar-refractivity contribution < 1.29 is 9.53 Å². The number of rotatable bonds is 3. The van der Waals surface area contributed by atoms with Gasteiger partial charge in [-0.1, -0.05) is 47.6 Å². The zero-order valence-corrected chi connectivity index (χ0v) is 19.9. The van der Waals surface area contributed by atoms with Crippen molar-refractivity contribution in [3.63, 3.8) is 0 Å². The van der Waals surface area contributed by atoms with E-state index in [1.165, 1.54) is 16.5 Å². The maximum atomic E-state index is 13.3. The first-order valence-corrected chi connectivity index (χ1v) is 11.8. The van der Waals surface area contributed by atoms with E-state index in [1.54, 1.807) is 0 Å². The molecule has 0 amide bonds. The Hall–Kier alpha value is -2.95. The molecule has 0 fully saturated rings. The minimum atomic E-state index is -0.379. The summed E-state index contributed by atoms with van der Waals surface area (Å²) in [6.07, 6.45) is 1.50. The molecule has 0 N–H and O–H groups in total. The molecule has 1 atom stereocenters. The van der Waals surface area contributed by atoms with Crippen molar-refractivity contribution in [2.24, 2.45) is 0 Å². The minimum Gasteiger partial charge on any atom is -0.460 e. The van der Waals surface area contributed by atoms with Crippen molar-refractivity contribution in [3.8, 4) is 11.4 Å². The van der Waals surface area contributed by atoms with Crippen LogP contribution in [0.3, 0.4) is 0 Å². The Morgan fingerprint density at radius 1 is 1.12 bits per heavy atom. The van der Waals surface area contributed by atoms with E-state index in [2.05, 4.69) is 39.0 Å². The molecule has 32 heavy (non-hydrogen) atoms. The number of cyclic esters (lactones) is 1. The lowest BCUT2D eigenvalue weighted by Gasteiger charge is -2.24. The summed E-state index contributed by atoms with van der Waals surface area (Å²) in [5.74, 6) is -0.173. The Morgan fingerprint density at radius 2 is 1.88 bits per heavy atom. The predicted octanol–water partition coefficient (Wildman–Crippen LogP) is 5.69. The summed E-state index contributed by atoms with van der Waals surface area (Å²) in [7, 11) is 0. The van der Waals surface area contributed by atoms with Gasteiger partial charge in [-0.3, -0.25) is 9.59 Å². The fourth-order valence-electron chi connectivity index (χ4n) is 4.96. The predicted molar refractivity (Wildman–Crippen MR) is 128 cm³/mol. The largest absolute Gasteiger partial charge is 0.460 e. The van der Waals surface area contributed by atoms with Crippen LogP contribution in [-0.2, 0) is 29.1 Å². The number of carbonyl (C=O) groups excluding carboxylic acids is 1. The Morgan fingerprint density at radius 3 is 2.53 bits per heavy atom. The molecule has 3 aromatic rings. The number of aromatic nitrogens is 2. The molecular weight excluding hydrogens is 400 g/mol. The van der Waals surface area contributed by atoms with Gasteiger partial charge in [0.05, 0.1) is 34.9 Å². The quantitative estimate of drug-likeness (QED) is 0.390. The maximum Gasteiger partial charge on any atom is 0.313 e. The van der Waals surface area contributed by atoms with Crippen LogP contribution in [0.15, 0.2) is 29.1 Å². The van der Waals surface area contributed by atoms with Crippen LogP contribution >= 0.6 is 0 Å². The van der Waals surface area contributed by atoms with Crippen molar-refractivity contribution in [1.29, 1.82) is 0 Å². The lowest BCUT2D eigenvalue weighted by atomic mass is 9.90. The fourth-order valence-corrected chi connectivity index (χ4v) is 4.96. The molecular formula is C27H32N2O3. The Bertz CT molecular complexity index is 1270. The van der Waals surface area contributed by atoms with E-state index >= 15 is 0 Å². The van der Waals surface area contributed by atoms with Crippen molar-refractivity contribution in [1.82, 2.24) is 9.55 Å². The molecule has 2 aliphatic rings. The van der Waals surface area contributed by atoms with E-state index in [0.29, 0.717) is 24.4 Å². The second kappa shape index (κ2) is 8.53. The standard InChI is InChI=1S/C25H26N2O3.C2H6/c1-5-15-18-9-14(13(3)4)7-8-21(18)26-23-19(15)11-27-22(23)10-17-16(6-2)25(29)30-12-20(17)24(27)28;1-2/h7-10,13,16H,5-6,11-12H2,1-4H3;1-2H3. The lowest BCUT2D eigenvalue weighted by molar-refractivity contribution is -0.148. The summed E-state index contributed by atoms with van der Waals surface area (Å²) in [4.78, 5) is 30.6. The molecule has 1 unspecified atom stereocenters. The molecule has 5 nitrogen and oxygen atoms in total. The number of esters is 1. The number of hydrogen-bond donors (Lipinski definition) is 0. The minimum absolute atomic E-state index is 0.0552. The molecule has 5 rings (SSSR count). The van der Waals surface area contributed by atoms with Gasteiger partial charge in [-0.15, -0.1) is 0 Å². The van der Waals surface area contributed by atoms with Crippen LogP contribution in [0, 0.1) is 0 Å². The van der Waals surface area contributed by atoms with Crippen LogP contribution in [0.4, 0.5) is 0 Å². The van der Waals surface area contributed by atoms with E-state index in [4.69, 9.17) is 9.72 Å². The average molecular weight is 433 g/mol. The number of aryl methyl sites for hydroxylation is 1. The topological polar surface area (TPSA) is 61.2 Å². The van der Waals surface area contributed by atoms with Gasteiger partial charge in [0.2, 0.25) is 0 Å². The zero-order chi connectivity index (χ0) is 23.2. The van der Waals surface area contributed by atoms with Gasteiger partial charge in [0.25, 0.3) is 5.56 Å². The highest BCUT2D eigenvalue weighted by atomic mass is 16.5. The number of fused-ring (bicyclic) bond motifs is 5. The van der Waals surface area contributed by atoms with Crippen molar-refractivity contribution >= 4 is 16.9 Å². The van der Waals surface area contributed by atoms with Gasteiger partial charge in [0, 0.05) is 10.9 Å². The number of carbonyl (C=O) groups is 1. The zero-order valence-electron chi connectivity index (χ0n) is 19.9. The monoisotopic (exact) mass is 432 g/mol. The van der Waals surface area contributed by atoms with Gasteiger partial charge in [-0.05, 0) is 53.6 Å². The van der Waals surface area contributed by atoms with Gasteiger partial charge in [-0.25, -0.2) is 4.98 Å². The van der Waals surface area contributed by atoms with Crippen molar-refractivity contribution in [2.75, 3.05) is 0 Å². The molecule has 2 aliphatic heterocycles. The van der Waals surface area contributed by atoms with Gasteiger partial charge in [0.1, 0.15) is 6.61 Å². The van der Waals surface area contributed by atoms with E-state index in [9.17, 15) is 9.59 Å². The first-order chi connectivity index (χ1) is 15.4. The summed E-state index contributed by atoms with van der Waals surface area (Å²) < 4.78 is 7.11. The normalized spacial score (nSPS) is 16.2. The second-order valence-electron chi connectivity index (χ2n) is 8.63. The van der Waals surface area contributed by atoms with E-state index in [1.807, 2.05) is 31.4 Å². The van der Waals surface area contributed by atoms with Gasteiger partial charge in [0.15, 0.2) is 0 Å². The lowest BCUT2D eigenvalue weighted by Crippen LogP contribution is -2.32. The molecule has 1 aromatic carbocycles. The number of nitrogens with zero attached hydrogens (tertiary/aromatic N) is 2. The third-order valence-electron chi connectivity index (χ3n) is 6.67. The summed E-state index contributed by atoms with van der Waals surface area (Å²) in [6, 6.07) is 8.50. The van der Waals surface area contributed by atoms with Gasteiger partial charge in [-0.2, -0.15) is 0 Å². The first-order valence-electron chi connectivity index (χ1n) is 11.8. The first kappa shape index (κ1) is 22.3. The molecule has 0 saturated carbocycles. The van der Waals surface area contributed by atoms with Crippen LogP contribution in [0.25, 0.3) is 22.3 Å². The highest BCUT2D eigenvalue weighted by molar-refractivity contribution is 5.89. The molecule has 0 spiro atoms. The molecule has 4 heterocycles. The Kier molecular flexibility index (Phi) is 5.93. The fraction of sp³-hybridized carbons (Fsp3) is 0.444. The van der Waals surface area contributed by atoms with Crippen molar-refractivity contribution in [2.45, 2.75) is 79.4 Å². The Balaban J connectivity index is 0.00000119. The maximum absolute atomic E-state index is 13.3. The molecule has 0 aliphatic carbocycles. The number of benzene rings is 1. The summed E-state index contributed by atoms with van der Waals surface area (Å²) in [5, 5.41) is 1.18. The molecule has 0 saturated heterocycles.